The first-order valence-electron chi connectivity index (χ1n) is 7.78. The number of benzene rings is 2. The fourth-order valence-corrected chi connectivity index (χ4v) is 3.12. The van der Waals surface area contributed by atoms with Crippen LogP contribution in [0.1, 0.15) is 37.1 Å². The van der Waals surface area contributed by atoms with Crippen LogP contribution in [-0.2, 0) is 9.53 Å². The summed E-state index contributed by atoms with van der Waals surface area (Å²) < 4.78 is 5.25. The zero-order valence-electron chi connectivity index (χ0n) is 13.0. The largest absolute Gasteiger partial charge is 0.465 e. The molecule has 2 aromatic rings. The molecule has 22 heavy (non-hydrogen) atoms. The number of ether oxygens (including phenoxy) is 1. The topological polar surface area (TPSA) is 29.3 Å². The Balaban J connectivity index is 1.86. The molecule has 114 valence electrons. The third-order valence-electron chi connectivity index (χ3n) is 4.25. The van der Waals surface area contributed by atoms with E-state index in [4.69, 9.17) is 4.74 Å². The lowest BCUT2D eigenvalue weighted by Gasteiger charge is -2.15. The average molecular weight is 295 g/mol. The Kier molecular flexibility index (Phi) is 4.25. The van der Waals surface area contributed by atoms with Gasteiger partial charge >= 0.3 is 5.97 Å². The van der Waals surface area contributed by atoms with Crippen molar-refractivity contribution in [1.29, 1.82) is 0 Å². The Labute approximate surface area is 131 Å². The van der Waals surface area contributed by atoms with Crippen molar-refractivity contribution in [3.8, 4) is 0 Å². The van der Waals surface area contributed by atoms with Crippen molar-refractivity contribution < 1.29 is 9.53 Å². The van der Waals surface area contributed by atoms with Gasteiger partial charge in [0, 0.05) is 6.04 Å². The van der Waals surface area contributed by atoms with Crippen LogP contribution >= 0.6 is 0 Å². The summed E-state index contributed by atoms with van der Waals surface area (Å²) in [5.74, 6) is -0.126. The van der Waals surface area contributed by atoms with Gasteiger partial charge in [0.25, 0.3) is 0 Å². The third-order valence-corrected chi connectivity index (χ3v) is 4.25. The van der Waals surface area contributed by atoms with E-state index in [0.29, 0.717) is 6.61 Å². The molecule has 0 radical (unpaired) electrons. The molecule has 1 aliphatic rings. The Morgan fingerprint density at radius 1 is 1.09 bits per heavy atom. The average Bonchev–Trinajstić information content (AvgIpc) is 3.32. The van der Waals surface area contributed by atoms with Crippen molar-refractivity contribution >= 4 is 5.97 Å². The van der Waals surface area contributed by atoms with Gasteiger partial charge < -0.3 is 4.74 Å². The van der Waals surface area contributed by atoms with Crippen molar-refractivity contribution in [1.82, 2.24) is 4.90 Å². The minimum Gasteiger partial charge on any atom is -0.465 e. The van der Waals surface area contributed by atoms with Crippen molar-refractivity contribution in [2.45, 2.75) is 32.0 Å². The van der Waals surface area contributed by atoms with E-state index >= 15 is 0 Å². The molecule has 1 saturated heterocycles. The number of nitrogens with zero attached hydrogens (tertiary/aromatic N) is 1. The quantitative estimate of drug-likeness (QED) is 0.621. The second kappa shape index (κ2) is 6.32. The standard InChI is InChI=1S/C19H21NO2/c1-3-22-19(21)18-17(16-12-8-5-9-13-16)20(18)14(2)15-10-6-4-7-11-15/h4-14,17-18H,3H2,1-2H3/t14-,17+,18+,20?/m1/s1. The highest BCUT2D eigenvalue weighted by Crippen LogP contribution is 2.49. The van der Waals surface area contributed by atoms with Crippen LogP contribution in [0.5, 0.6) is 0 Å². The first-order valence-corrected chi connectivity index (χ1v) is 7.78. The normalized spacial score (nSPS) is 24.5. The number of carbonyl (C=O) groups is 1. The molecule has 1 aliphatic heterocycles. The van der Waals surface area contributed by atoms with Gasteiger partial charge in [0.05, 0.1) is 12.6 Å². The SMILES string of the molecule is CCOC(=O)[C@@H]1[C@H](c2ccccc2)N1[C@H](C)c1ccccc1. The number of carbonyl (C=O) groups excluding carboxylic acids is 1. The second-order valence-electron chi connectivity index (χ2n) is 5.59. The van der Waals surface area contributed by atoms with E-state index in [1.165, 1.54) is 11.1 Å². The summed E-state index contributed by atoms with van der Waals surface area (Å²) in [5, 5.41) is 0. The van der Waals surface area contributed by atoms with Gasteiger partial charge in [-0.1, -0.05) is 60.7 Å². The minimum atomic E-state index is -0.183. The highest BCUT2D eigenvalue weighted by molar-refractivity contribution is 5.81. The predicted molar refractivity (Wildman–Crippen MR) is 86.3 cm³/mol. The zero-order chi connectivity index (χ0) is 15.5. The van der Waals surface area contributed by atoms with Crippen LogP contribution in [0.4, 0.5) is 0 Å². The molecule has 3 rings (SSSR count). The predicted octanol–water partition coefficient (Wildman–Crippen LogP) is 3.74. The van der Waals surface area contributed by atoms with Gasteiger partial charge in [-0.15, -0.1) is 0 Å². The lowest BCUT2D eigenvalue weighted by Crippen LogP contribution is -2.18. The first-order chi connectivity index (χ1) is 10.7. The van der Waals surface area contributed by atoms with E-state index in [-0.39, 0.29) is 24.1 Å². The molecule has 0 N–H and O–H groups in total. The van der Waals surface area contributed by atoms with Gasteiger partial charge in [0.1, 0.15) is 6.04 Å². The van der Waals surface area contributed by atoms with E-state index in [2.05, 4.69) is 36.1 Å². The summed E-state index contributed by atoms with van der Waals surface area (Å²) in [5.41, 5.74) is 2.39. The number of rotatable bonds is 5. The van der Waals surface area contributed by atoms with Crippen molar-refractivity contribution in [2.24, 2.45) is 0 Å². The molecule has 0 spiro atoms. The summed E-state index contributed by atoms with van der Waals surface area (Å²) in [4.78, 5) is 14.5. The molecule has 2 aromatic carbocycles. The number of hydrogen-bond acceptors (Lipinski definition) is 3. The summed E-state index contributed by atoms with van der Waals surface area (Å²) in [7, 11) is 0. The van der Waals surface area contributed by atoms with Crippen LogP contribution < -0.4 is 0 Å². The Hall–Kier alpha value is -2.13. The third kappa shape index (κ3) is 2.77. The lowest BCUT2D eigenvalue weighted by molar-refractivity contribution is -0.143. The molecule has 0 aromatic heterocycles. The molecule has 4 atom stereocenters. The number of hydrogen-bond donors (Lipinski definition) is 0. The monoisotopic (exact) mass is 295 g/mol. The highest BCUT2D eigenvalue weighted by atomic mass is 16.5. The summed E-state index contributed by atoms with van der Waals surface area (Å²) >= 11 is 0. The zero-order valence-corrected chi connectivity index (χ0v) is 13.0. The van der Waals surface area contributed by atoms with Gasteiger partial charge in [0.15, 0.2) is 0 Å². The fraction of sp³-hybridized carbons (Fsp3) is 0.316. The van der Waals surface area contributed by atoms with Crippen LogP contribution in [0.2, 0.25) is 0 Å². The molecular weight excluding hydrogens is 274 g/mol. The maximum absolute atomic E-state index is 12.3. The van der Waals surface area contributed by atoms with Crippen LogP contribution in [0.25, 0.3) is 0 Å². The van der Waals surface area contributed by atoms with Crippen LogP contribution in [0.3, 0.4) is 0 Å². The molecule has 1 heterocycles. The van der Waals surface area contributed by atoms with Gasteiger partial charge in [-0.25, -0.2) is 0 Å². The van der Waals surface area contributed by atoms with Gasteiger partial charge in [-0.05, 0) is 25.0 Å². The van der Waals surface area contributed by atoms with E-state index in [1.807, 2.05) is 43.3 Å². The van der Waals surface area contributed by atoms with E-state index < -0.39 is 0 Å². The fourth-order valence-electron chi connectivity index (χ4n) is 3.12. The molecule has 3 nitrogen and oxygen atoms in total. The lowest BCUT2D eigenvalue weighted by atomic mass is 10.1. The maximum Gasteiger partial charge on any atom is 0.325 e. The van der Waals surface area contributed by atoms with Gasteiger partial charge in [-0.2, -0.15) is 0 Å². The van der Waals surface area contributed by atoms with E-state index in [0.717, 1.165) is 0 Å². The first kappa shape index (κ1) is 14.8. The van der Waals surface area contributed by atoms with E-state index in [1.54, 1.807) is 0 Å². The molecule has 3 heteroatoms. The minimum absolute atomic E-state index is 0.107. The molecule has 0 aliphatic carbocycles. The molecule has 1 fully saturated rings. The molecule has 0 bridgehead atoms. The van der Waals surface area contributed by atoms with E-state index in [9.17, 15) is 4.79 Å². The van der Waals surface area contributed by atoms with Crippen LogP contribution in [0.15, 0.2) is 60.7 Å². The van der Waals surface area contributed by atoms with Crippen LogP contribution in [0, 0.1) is 0 Å². The smallest absolute Gasteiger partial charge is 0.325 e. The summed E-state index contributed by atoms with van der Waals surface area (Å²) in [6, 6.07) is 20.6. The van der Waals surface area contributed by atoms with Crippen molar-refractivity contribution in [3.63, 3.8) is 0 Å². The van der Waals surface area contributed by atoms with Crippen molar-refractivity contribution in [2.75, 3.05) is 6.61 Å². The maximum atomic E-state index is 12.3. The molecule has 0 amide bonds. The summed E-state index contributed by atoms with van der Waals surface area (Å²) in [6.07, 6.45) is 0. The Morgan fingerprint density at radius 3 is 2.27 bits per heavy atom. The highest BCUT2D eigenvalue weighted by Gasteiger charge is 2.56. The summed E-state index contributed by atoms with van der Waals surface area (Å²) in [6.45, 7) is 4.41. The Bertz CT molecular complexity index is 626. The molecular formula is C19H21NO2. The second-order valence-corrected chi connectivity index (χ2v) is 5.59. The van der Waals surface area contributed by atoms with Gasteiger partial charge in [-0.3, -0.25) is 9.69 Å². The molecule has 1 unspecified atom stereocenters. The Morgan fingerprint density at radius 2 is 1.68 bits per heavy atom. The van der Waals surface area contributed by atoms with Crippen molar-refractivity contribution in [3.05, 3.63) is 71.8 Å². The number of esters is 1. The van der Waals surface area contributed by atoms with Crippen LogP contribution in [-0.4, -0.2) is 23.5 Å². The van der Waals surface area contributed by atoms with Gasteiger partial charge in [0.2, 0.25) is 0 Å². The molecule has 0 saturated carbocycles.